The zero-order valence-corrected chi connectivity index (χ0v) is 33.6. The third-order valence-corrected chi connectivity index (χ3v) is 14.7. The fourth-order valence-electron chi connectivity index (χ4n) is 12.1. The third kappa shape index (κ3) is 5.60. The van der Waals surface area contributed by atoms with Gasteiger partial charge in [-0.15, -0.1) is 0 Å². The van der Waals surface area contributed by atoms with E-state index in [-0.39, 0.29) is 0 Å². The summed E-state index contributed by atoms with van der Waals surface area (Å²) in [7, 11) is 0. The van der Waals surface area contributed by atoms with Crippen LogP contribution in [0.1, 0.15) is 44.6 Å². The van der Waals surface area contributed by atoms with Gasteiger partial charge in [-0.1, -0.05) is 146 Å². The summed E-state index contributed by atoms with van der Waals surface area (Å²) in [5.41, 5.74) is 14.0. The quantitative estimate of drug-likeness (QED) is 0.157. The van der Waals surface area contributed by atoms with Crippen LogP contribution >= 0.6 is 0 Å². The van der Waals surface area contributed by atoms with Gasteiger partial charge in [-0.25, -0.2) is 0 Å². The minimum atomic E-state index is 0.354. The Hall–Kier alpha value is -6.38. The normalized spacial score (nSPS) is 22.1. The molecule has 9 aromatic rings. The summed E-state index contributed by atoms with van der Waals surface area (Å²) in [6.45, 7) is 2.51. The van der Waals surface area contributed by atoms with E-state index in [1.807, 2.05) is 0 Å². The lowest BCUT2D eigenvalue weighted by Crippen LogP contribution is -2.34. The van der Waals surface area contributed by atoms with E-state index < -0.39 is 0 Å². The van der Waals surface area contributed by atoms with Crippen LogP contribution in [-0.2, 0) is 5.41 Å². The lowest BCUT2D eigenvalue weighted by Gasteiger charge is -2.42. The Morgan fingerprint density at radius 1 is 0.475 bits per heavy atom. The van der Waals surface area contributed by atoms with Gasteiger partial charge >= 0.3 is 0 Å². The van der Waals surface area contributed by atoms with Gasteiger partial charge in [-0.05, 0) is 137 Å². The number of hydrogen-bond donors (Lipinski definition) is 0. The first kappa shape index (κ1) is 34.6. The van der Waals surface area contributed by atoms with Crippen molar-refractivity contribution in [2.75, 3.05) is 4.90 Å². The van der Waals surface area contributed by atoms with Gasteiger partial charge in [0.05, 0.1) is 22.4 Å². The molecule has 3 unspecified atom stereocenters. The molecule has 8 aromatic carbocycles. The van der Waals surface area contributed by atoms with Crippen LogP contribution in [-0.4, -0.2) is 4.57 Å². The average molecular weight is 761 g/mol. The van der Waals surface area contributed by atoms with E-state index in [9.17, 15) is 0 Å². The largest absolute Gasteiger partial charge is 0.310 e. The molecule has 3 aliphatic carbocycles. The van der Waals surface area contributed by atoms with E-state index in [2.05, 4.69) is 204 Å². The highest BCUT2D eigenvalue weighted by Crippen LogP contribution is 2.65. The number of para-hydroxylation sites is 3. The molecule has 0 saturated heterocycles. The molecule has 286 valence electrons. The second-order valence-corrected chi connectivity index (χ2v) is 18.0. The average Bonchev–Trinajstić information content (AvgIpc) is 3.74. The first-order valence-corrected chi connectivity index (χ1v) is 21.8. The molecule has 12 rings (SSSR count). The van der Waals surface area contributed by atoms with Crippen molar-refractivity contribution in [2.24, 2.45) is 23.7 Å². The Bertz CT molecular complexity index is 2950. The molecule has 2 nitrogen and oxygen atoms in total. The topological polar surface area (TPSA) is 8.17 Å². The molecule has 3 fully saturated rings. The van der Waals surface area contributed by atoms with E-state index >= 15 is 0 Å². The van der Waals surface area contributed by atoms with Crippen molar-refractivity contribution in [1.29, 1.82) is 0 Å². The first-order valence-electron chi connectivity index (χ1n) is 21.8. The number of nitrogens with zero attached hydrogens (tertiary/aromatic N) is 2. The van der Waals surface area contributed by atoms with Gasteiger partial charge in [0.25, 0.3) is 0 Å². The summed E-state index contributed by atoms with van der Waals surface area (Å²) in [6, 6.07) is 69.9. The van der Waals surface area contributed by atoms with Gasteiger partial charge < -0.3 is 9.47 Å². The van der Waals surface area contributed by atoms with Crippen molar-refractivity contribution >= 4 is 49.6 Å². The Morgan fingerprint density at radius 2 is 1.05 bits per heavy atom. The molecule has 59 heavy (non-hydrogen) atoms. The van der Waals surface area contributed by atoms with Crippen LogP contribution < -0.4 is 4.90 Å². The zero-order chi connectivity index (χ0) is 39.1. The number of benzene rings is 8. The van der Waals surface area contributed by atoms with Gasteiger partial charge in [0.1, 0.15) is 0 Å². The molecular weight excluding hydrogens is 713 g/mol. The van der Waals surface area contributed by atoms with E-state index in [1.165, 1.54) is 104 Å². The molecule has 0 amide bonds. The van der Waals surface area contributed by atoms with Crippen molar-refractivity contribution < 1.29 is 0 Å². The maximum Gasteiger partial charge on any atom is 0.0541 e. The monoisotopic (exact) mass is 760 g/mol. The van der Waals surface area contributed by atoms with Gasteiger partial charge in [0, 0.05) is 33.1 Å². The Kier molecular flexibility index (Phi) is 7.99. The molecular formula is C57H48N2. The maximum atomic E-state index is 2.51. The number of rotatable bonds is 7. The van der Waals surface area contributed by atoms with Crippen molar-refractivity contribution in [1.82, 2.24) is 4.57 Å². The predicted octanol–water partition coefficient (Wildman–Crippen LogP) is 15.5. The van der Waals surface area contributed by atoms with Gasteiger partial charge in [0.2, 0.25) is 0 Å². The summed E-state index contributed by atoms with van der Waals surface area (Å²) in [5, 5.41) is 5.07. The van der Waals surface area contributed by atoms with Crippen LogP contribution in [0.15, 0.2) is 188 Å². The molecule has 0 radical (unpaired) electrons. The molecule has 3 saturated carbocycles. The fraction of sp³-hybridized carbons (Fsp3) is 0.193. The van der Waals surface area contributed by atoms with Gasteiger partial charge in [-0.3, -0.25) is 0 Å². The fourth-order valence-corrected chi connectivity index (χ4v) is 12.1. The van der Waals surface area contributed by atoms with Crippen LogP contribution in [0, 0.1) is 23.7 Å². The minimum absolute atomic E-state index is 0.354. The van der Waals surface area contributed by atoms with Crippen LogP contribution in [0.25, 0.3) is 60.5 Å². The second-order valence-electron chi connectivity index (χ2n) is 18.0. The first-order chi connectivity index (χ1) is 29.1. The molecule has 0 spiro atoms. The van der Waals surface area contributed by atoms with Crippen LogP contribution in [0.2, 0.25) is 0 Å². The summed E-state index contributed by atoms with van der Waals surface area (Å²) >= 11 is 0. The Labute approximate surface area is 347 Å². The molecule has 1 heterocycles. The lowest BCUT2D eigenvalue weighted by atomic mass is 9.63. The summed E-state index contributed by atoms with van der Waals surface area (Å²) in [5.74, 6) is 3.71. The van der Waals surface area contributed by atoms with E-state index in [0.29, 0.717) is 5.41 Å². The van der Waals surface area contributed by atoms with Crippen molar-refractivity contribution in [3.05, 3.63) is 194 Å². The highest BCUT2D eigenvalue weighted by atomic mass is 15.1. The molecule has 2 bridgehead atoms. The van der Waals surface area contributed by atoms with Gasteiger partial charge in [-0.2, -0.15) is 0 Å². The molecule has 5 atom stereocenters. The lowest BCUT2D eigenvalue weighted by molar-refractivity contribution is 0.0780. The van der Waals surface area contributed by atoms with E-state index in [4.69, 9.17) is 0 Å². The Morgan fingerprint density at radius 3 is 1.78 bits per heavy atom. The minimum Gasteiger partial charge on any atom is -0.310 e. The summed E-state index contributed by atoms with van der Waals surface area (Å²) < 4.78 is 2.42. The van der Waals surface area contributed by atoms with Gasteiger partial charge in [0.15, 0.2) is 0 Å². The third-order valence-electron chi connectivity index (χ3n) is 14.7. The van der Waals surface area contributed by atoms with Crippen LogP contribution in [0.4, 0.5) is 17.1 Å². The number of hydrogen-bond acceptors (Lipinski definition) is 1. The van der Waals surface area contributed by atoms with Crippen LogP contribution in [0.3, 0.4) is 0 Å². The highest BCUT2D eigenvalue weighted by molar-refractivity contribution is 6.09. The predicted molar refractivity (Wildman–Crippen MR) is 248 cm³/mol. The number of aromatic nitrogens is 1. The Balaban J connectivity index is 0.887. The van der Waals surface area contributed by atoms with Crippen LogP contribution in [0.5, 0.6) is 0 Å². The van der Waals surface area contributed by atoms with Crippen molar-refractivity contribution in [2.45, 2.75) is 44.4 Å². The molecule has 1 aromatic heterocycles. The smallest absolute Gasteiger partial charge is 0.0541 e. The summed E-state index contributed by atoms with van der Waals surface area (Å²) in [6.07, 6.45) is 7.05. The maximum absolute atomic E-state index is 2.51. The molecule has 0 aliphatic heterocycles. The summed E-state index contributed by atoms with van der Waals surface area (Å²) in [4.78, 5) is 2.46. The number of fused-ring (bicyclic) bond motifs is 5. The SMILES string of the molecule is C[C@H]1CC2C[C@H]3CC(c4ccc(N(c5ccc(-c6ccc(-c7ccccc7-n7c8ccccc8c8ccccc87)cc6)cc5)c5cccc6ccccc56)cc4)(CC23)C1. The van der Waals surface area contributed by atoms with E-state index in [1.54, 1.807) is 5.56 Å². The zero-order valence-electron chi connectivity index (χ0n) is 33.6. The molecule has 0 N–H and O–H groups in total. The van der Waals surface area contributed by atoms with Crippen molar-refractivity contribution in [3.63, 3.8) is 0 Å². The second kappa shape index (κ2) is 13.6. The van der Waals surface area contributed by atoms with E-state index in [0.717, 1.165) is 29.4 Å². The molecule has 2 heteroatoms. The number of anilines is 3. The molecule has 3 aliphatic rings. The highest BCUT2D eigenvalue weighted by Gasteiger charge is 2.57. The standard InChI is InChI=1S/C57H48N2/c1-38-33-43-34-44-36-57(35-38,37-52(43)44)45-27-31-47(32-28-45)58(53-20-10-12-41-11-2-3-13-48(41)53)46-29-25-40(26-30-46)39-21-23-42(24-22-39)49-14-4-7-17-54(49)59-55-18-8-5-15-50(55)51-16-6-9-19-56(51)59/h2-32,38,43-44,52H,33-37H2,1H3/t38-,43?,44-,52?,57?/m0/s1. The van der Waals surface area contributed by atoms with Crippen molar-refractivity contribution in [3.8, 4) is 27.9 Å².